The predicted molar refractivity (Wildman–Crippen MR) is 54.9 cm³/mol. The van der Waals surface area contributed by atoms with Crippen molar-refractivity contribution in [3.63, 3.8) is 0 Å². The molecule has 4 nitrogen and oxygen atoms in total. The first-order valence-electron chi connectivity index (χ1n) is 4.50. The molecule has 0 aromatic heterocycles. The molecule has 0 radical (unpaired) electrons. The number of ether oxygens (including phenoxy) is 1. The van der Waals surface area contributed by atoms with Crippen molar-refractivity contribution in [1.29, 1.82) is 5.26 Å². The second-order valence-electron chi connectivity index (χ2n) is 3.08. The number of rotatable bonds is 3. The van der Waals surface area contributed by atoms with Gasteiger partial charge in [-0.1, -0.05) is 12.1 Å². The molecule has 1 atom stereocenters. The quantitative estimate of drug-likeness (QED) is 0.755. The molecular formula is C11H12N2O2. The highest BCUT2D eigenvalue weighted by molar-refractivity contribution is 5.89. The molecule has 0 bridgehead atoms. The van der Waals surface area contributed by atoms with Gasteiger partial charge in [-0.05, 0) is 17.7 Å². The standard InChI is InChI=1S/C11H12N2O2/c1-15-11(14)9-4-2-8(3-5-9)10(13)6-7-12/h2-5,10H,6,13H2,1H3/t10-/m0/s1. The average Bonchev–Trinajstić information content (AvgIpc) is 2.28. The Bertz CT molecular complexity index is 379. The van der Waals surface area contributed by atoms with Gasteiger partial charge in [0.1, 0.15) is 0 Å². The van der Waals surface area contributed by atoms with Gasteiger partial charge in [0.05, 0.1) is 25.2 Å². The monoisotopic (exact) mass is 204 g/mol. The van der Waals surface area contributed by atoms with Gasteiger partial charge in [0.15, 0.2) is 0 Å². The van der Waals surface area contributed by atoms with Crippen LogP contribution in [-0.4, -0.2) is 13.1 Å². The molecule has 2 N–H and O–H groups in total. The maximum atomic E-state index is 11.1. The maximum Gasteiger partial charge on any atom is 0.337 e. The van der Waals surface area contributed by atoms with Gasteiger partial charge in [-0.25, -0.2) is 4.79 Å². The van der Waals surface area contributed by atoms with E-state index >= 15 is 0 Å². The molecule has 0 amide bonds. The number of nitriles is 1. The Kier molecular flexibility index (Phi) is 3.83. The molecule has 0 fully saturated rings. The van der Waals surface area contributed by atoms with Gasteiger partial charge in [0, 0.05) is 6.04 Å². The van der Waals surface area contributed by atoms with Crippen LogP contribution < -0.4 is 5.73 Å². The van der Waals surface area contributed by atoms with Crippen molar-refractivity contribution in [2.24, 2.45) is 5.73 Å². The van der Waals surface area contributed by atoms with Crippen LogP contribution in [0.15, 0.2) is 24.3 Å². The van der Waals surface area contributed by atoms with Gasteiger partial charge in [0.2, 0.25) is 0 Å². The molecule has 0 saturated heterocycles. The third kappa shape index (κ3) is 2.79. The minimum Gasteiger partial charge on any atom is -0.465 e. The van der Waals surface area contributed by atoms with Crippen molar-refractivity contribution in [1.82, 2.24) is 0 Å². The third-order valence-electron chi connectivity index (χ3n) is 2.07. The Morgan fingerprint density at radius 3 is 2.60 bits per heavy atom. The summed E-state index contributed by atoms with van der Waals surface area (Å²) in [5, 5.41) is 8.47. The first-order chi connectivity index (χ1) is 7.19. The first kappa shape index (κ1) is 11.2. The van der Waals surface area contributed by atoms with E-state index in [1.54, 1.807) is 24.3 Å². The van der Waals surface area contributed by atoms with Crippen molar-refractivity contribution in [2.45, 2.75) is 12.5 Å². The number of nitrogens with two attached hydrogens (primary N) is 1. The molecular weight excluding hydrogens is 192 g/mol. The molecule has 1 aromatic carbocycles. The minimum absolute atomic E-state index is 0.261. The highest BCUT2D eigenvalue weighted by atomic mass is 16.5. The number of carbonyl (C=O) groups excluding carboxylic acids is 1. The van der Waals surface area contributed by atoms with Crippen LogP contribution in [0.5, 0.6) is 0 Å². The number of nitrogens with zero attached hydrogens (tertiary/aromatic N) is 1. The lowest BCUT2D eigenvalue weighted by Gasteiger charge is -2.07. The first-order valence-corrected chi connectivity index (χ1v) is 4.50. The normalized spacial score (nSPS) is 11.5. The molecule has 0 spiro atoms. The van der Waals surface area contributed by atoms with Crippen LogP contribution in [-0.2, 0) is 4.74 Å². The van der Waals surface area contributed by atoms with Crippen molar-refractivity contribution in [2.75, 3.05) is 7.11 Å². The lowest BCUT2D eigenvalue weighted by molar-refractivity contribution is 0.0600. The van der Waals surface area contributed by atoms with E-state index in [0.717, 1.165) is 5.56 Å². The minimum atomic E-state index is -0.379. The van der Waals surface area contributed by atoms with E-state index in [9.17, 15) is 4.79 Å². The third-order valence-corrected chi connectivity index (χ3v) is 2.07. The van der Waals surface area contributed by atoms with Gasteiger partial charge >= 0.3 is 5.97 Å². The molecule has 1 rings (SSSR count). The van der Waals surface area contributed by atoms with E-state index in [1.807, 2.05) is 6.07 Å². The summed E-state index contributed by atoms with van der Waals surface area (Å²) in [7, 11) is 1.33. The van der Waals surface area contributed by atoms with Crippen LogP contribution in [0.4, 0.5) is 0 Å². The Morgan fingerprint density at radius 1 is 1.53 bits per heavy atom. The van der Waals surface area contributed by atoms with E-state index in [2.05, 4.69) is 4.74 Å². The fourth-order valence-electron chi connectivity index (χ4n) is 1.20. The van der Waals surface area contributed by atoms with Crippen molar-refractivity contribution in [3.8, 4) is 6.07 Å². The molecule has 4 heteroatoms. The Balaban J connectivity index is 2.81. The molecule has 78 valence electrons. The van der Waals surface area contributed by atoms with Crippen molar-refractivity contribution < 1.29 is 9.53 Å². The molecule has 0 aliphatic heterocycles. The number of methoxy groups -OCH3 is 1. The number of hydrogen-bond donors (Lipinski definition) is 1. The zero-order valence-electron chi connectivity index (χ0n) is 8.43. The van der Waals surface area contributed by atoms with Crippen LogP contribution in [0.25, 0.3) is 0 Å². The second-order valence-corrected chi connectivity index (χ2v) is 3.08. The molecule has 0 aliphatic carbocycles. The summed E-state index contributed by atoms with van der Waals surface area (Å²) in [5.74, 6) is -0.379. The van der Waals surface area contributed by atoms with E-state index in [1.165, 1.54) is 7.11 Å². The molecule has 0 aliphatic rings. The zero-order chi connectivity index (χ0) is 11.3. The average molecular weight is 204 g/mol. The second kappa shape index (κ2) is 5.13. The molecule has 15 heavy (non-hydrogen) atoms. The molecule has 0 saturated carbocycles. The number of hydrogen-bond acceptors (Lipinski definition) is 4. The van der Waals surface area contributed by atoms with Gasteiger partial charge in [-0.2, -0.15) is 5.26 Å². The molecule has 1 aromatic rings. The number of esters is 1. The smallest absolute Gasteiger partial charge is 0.337 e. The predicted octanol–water partition coefficient (Wildman–Crippen LogP) is 1.39. The summed E-state index contributed by atoms with van der Waals surface area (Å²) in [6, 6.07) is 8.43. The fourth-order valence-corrected chi connectivity index (χ4v) is 1.20. The topological polar surface area (TPSA) is 76.1 Å². The van der Waals surface area contributed by atoms with Gasteiger partial charge in [0.25, 0.3) is 0 Å². The Labute approximate surface area is 88.3 Å². The van der Waals surface area contributed by atoms with E-state index in [0.29, 0.717) is 5.56 Å². The SMILES string of the molecule is COC(=O)c1ccc([C@@H](N)CC#N)cc1. The van der Waals surface area contributed by atoms with Gasteiger partial charge in [-0.3, -0.25) is 0 Å². The summed E-state index contributed by atoms with van der Waals surface area (Å²) in [5.41, 5.74) is 7.04. The van der Waals surface area contributed by atoms with Crippen LogP contribution in [0, 0.1) is 11.3 Å². The Morgan fingerprint density at radius 2 is 2.13 bits per heavy atom. The molecule has 0 heterocycles. The zero-order valence-corrected chi connectivity index (χ0v) is 8.43. The van der Waals surface area contributed by atoms with Crippen molar-refractivity contribution in [3.05, 3.63) is 35.4 Å². The van der Waals surface area contributed by atoms with Gasteiger partial charge < -0.3 is 10.5 Å². The van der Waals surface area contributed by atoms with Gasteiger partial charge in [-0.15, -0.1) is 0 Å². The maximum absolute atomic E-state index is 11.1. The van der Waals surface area contributed by atoms with Crippen LogP contribution in [0.2, 0.25) is 0 Å². The van der Waals surface area contributed by atoms with E-state index in [4.69, 9.17) is 11.0 Å². The van der Waals surface area contributed by atoms with Crippen LogP contribution in [0.3, 0.4) is 0 Å². The number of benzene rings is 1. The van der Waals surface area contributed by atoms with Crippen LogP contribution >= 0.6 is 0 Å². The highest BCUT2D eigenvalue weighted by Crippen LogP contribution is 2.14. The molecule has 0 unspecified atom stereocenters. The summed E-state index contributed by atoms with van der Waals surface area (Å²) in [6.07, 6.45) is 0.261. The fraction of sp³-hybridized carbons (Fsp3) is 0.273. The summed E-state index contributed by atoms with van der Waals surface area (Å²) in [4.78, 5) is 11.1. The van der Waals surface area contributed by atoms with E-state index in [-0.39, 0.29) is 18.4 Å². The summed E-state index contributed by atoms with van der Waals surface area (Å²) >= 11 is 0. The summed E-state index contributed by atoms with van der Waals surface area (Å²) in [6.45, 7) is 0. The lowest BCUT2D eigenvalue weighted by atomic mass is 10.0. The van der Waals surface area contributed by atoms with E-state index < -0.39 is 0 Å². The Hall–Kier alpha value is -1.86. The summed E-state index contributed by atoms with van der Waals surface area (Å²) < 4.78 is 4.56. The largest absolute Gasteiger partial charge is 0.465 e. The number of carbonyl (C=O) groups is 1. The van der Waals surface area contributed by atoms with Crippen molar-refractivity contribution >= 4 is 5.97 Å². The van der Waals surface area contributed by atoms with Crippen LogP contribution in [0.1, 0.15) is 28.4 Å². The lowest BCUT2D eigenvalue weighted by Crippen LogP contribution is -2.09. The highest BCUT2D eigenvalue weighted by Gasteiger charge is 2.08.